The van der Waals surface area contributed by atoms with E-state index in [9.17, 15) is 20.2 Å². The van der Waals surface area contributed by atoms with E-state index in [0.29, 0.717) is 22.7 Å². The molecule has 0 aliphatic carbocycles. The maximum Gasteiger partial charge on any atom is 0.269 e. The first-order chi connectivity index (χ1) is 15.9. The van der Waals surface area contributed by atoms with E-state index in [2.05, 4.69) is 21.2 Å². The zero-order chi connectivity index (χ0) is 23.8. The maximum absolute atomic E-state index is 12.5. The number of halogens is 1. The van der Waals surface area contributed by atoms with Crippen LogP contribution in [0.3, 0.4) is 0 Å². The van der Waals surface area contributed by atoms with E-state index in [1.807, 2.05) is 6.07 Å². The van der Waals surface area contributed by atoms with Gasteiger partial charge in [0.05, 0.1) is 12.0 Å². The highest BCUT2D eigenvalue weighted by Gasteiger charge is 2.12. The summed E-state index contributed by atoms with van der Waals surface area (Å²) >= 11 is 3.33. The topological polar surface area (TPSA) is 114 Å². The number of carbonyl (C=O) groups excluding carboxylic acids is 1. The minimum Gasteiger partial charge on any atom is -0.493 e. The Hall–Kier alpha value is -4.16. The molecular weight excluding hydrogens is 490 g/mol. The molecule has 3 aromatic carbocycles. The molecule has 0 heterocycles. The van der Waals surface area contributed by atoms with Crippen LogP contribution in [-0.2, 0) is 11.4 Å². The van der Waals surface area contributed by atoms with Crippen LogP contribution in [0.4, 0.5) is 11.4 Å². The normalized spacial score (nSPS) is 10.8. The van der Waals surface area contributed by atoms with Crippen molar-refractivity contribution in [1.82, 2.24) is 0 Å². The number of methoxy groups -OCH3 is 1. The average molecular weight is 508 g/mol. The van der Waals surface area contributed by atoms with E-state index < -0.39 is 10.8 Å². The van der Waals surface area contributed by atoms with Gasteiger partial charge >= 0.3 is 0 Å². The average Bonchev–Trinajstić information content (AvgIpc) is 2.83. The summed E-state index contributed by atoms with van der Waals surface area (Å²) < 4.78 is 12.0. The highest BCUT2D eigenvalue weighted by molar-refractivity contribution is 9.10. The number of rotatable bonds is 8. The van der Waals surface area contributed by atoms with Gasteiger partial charge in [-0.25, -0.2) is 0 Å². The fourth-order valence-corrected chi connectivity index (χ4v) is 3.08. The van der Waals surface area contributed by atoms with E-state index in [4.69, 9.17) is 9.47 Å². The molecule has 9 heteroatoms. The Bertz CT molecular complexity index is 1230. The Balaban J connectivity index is 1.72. The minimum atomic E-state index is -0.530. The van der Waals surface area contributed by atoms with Crippen molar-refractivity contribution < 1.29 is 19.2 Å². The number of nitro groups is 1. The number of hydrogen-bond acceptors (Lipinski definition) is 6. The van der Waals surface area contributed by atoms with Gasteiger partial charge in [0.1, 0.15) is 18.2 Å². The number of carbonyl (C=O) groups is 1. The lowest BCUT2D eigenvalue weighted by Gasteiger charge is -2.11. The Morgan fingerprint density at radius 1 is 1.12 bits per heavy atom. The van der Waals surface area contributed by atoms with Gasteiger partial charge in [-0.05, 0) is 65.7 Å². The molecule has 0 fully saturated rings. The summed E-state index contributed by atoms with van der Waals surface area (Å²) in [5, 5.41) is 22.9. The predicted molar refractivity (Wildman–Crippen MR) is 127 cm³/mol. The molecule has 0 atom stereocenters. The van der Waals surface area contributed by atoms with Gasteiger partial charge in [0.15, 0.2) is 11.5 Å². The molecule has 166 valence electrons. The molecule has 1 N–H and O–H groups in total. The van der Waals surface area contributed by atoms with E-state index in [-0.39, 0.29) is 17.9 Å². The molecule has 8 nitrogen and oxygen atoms in total. The quantitative estimate of drug-likeness (QED) is 0.186. The van der Waals surface area contributed by atoms with Crippen molar-refractivity contribution in [3.63, 3.8) is 0 Å². The fourth-order valence-electron chi connectivity index (χ4n) is 2.82. The van der Waals surface area contributed by atoms with E-state index in [0.717, 1.165) is 10.0 Å². The lowest BCUT2D eigenvalue weighted by Crippen LogP contribution is -2.13. The molecule has 3 rings (SSSR count). The number of nitriles is 1. The standard InChI is InChI=1S/C24H18BrN3O5/c1-32-23-13-17(12-18(14-26)24(29)27-20-7-5-19(25)6-8-20)4-11-22(23)33-15-16-2-9-21(10-3-16)28(30)31/h2-13H,15H2,1H3,(H,27,29)/b18-12-. The van der Waals surface area contributed by atoms with Crippen molar-refractivity contribution in [3.8, 4) is 17.6 Å². The highest BCUT2D eigenvalue weighted by Crippen LogP contribution is 2.30. The van der Waals surface area contributed by atoms with Crippen molar-refractivity contribution in [3.05, 3.63) is 98.0 Å². The van der Waals surface area contributed by atoms with Crippen molar-refractivity contribution in [1.29, 1.82) is 5.26 Å². The van der Waals surface area contributed by atoms with Gasteiger partial charge in [-0.2, -0.15) is 5.26 Å². The molecule has 0 radical (unpaired) electrons. The van der Waals surface area contributed by atoms with Gasteiger partial charge in [-0.15, -0.1) is 0 Å². The second kappa shape index (κ2) is 10.9. The van der Waals surface area contributed by atoms with Crippen LogP contribution in [0.25, 0.3) is 6.08 Å². The molecule has 0 aromatic heterocycles. The summed E-state index contributed by atoms with van der Waals surface area (Å²) in [7, 11) is 1.48. The molecule has 0 bridgehead atoms. The zero-order valence-electron chi connectivity index (χ0n) is 17.4. The van der Waals surface area contributed by atoms with E-state index in [1.165, 1.54) is 25.3 Å². The first-order valence-electron chi connectivity index (χ1n) is 9.62. The fraction of sp³-hybridized carbons (Fsp3) is 0.0833. The molecule has 3 aromatic rings. The Morgan fingerprint density at radius 2 is 1.82 bits per heavy atom. The van der Waals surface area contributed by atoms with Gasteiger partial charge in [0, 0.05) is 22.3 Å². The molecule has 0 unspecified atom stereocenters. The number of ether oxygens (including phenoxy) is 2. The summed E-state index contributed by atoms with van der Waals surface area (Å²) in [6, 6.07) is 20.0. The molecule has 0 aliphatic heterocycles. The largest absolute Gasteiger partial charge is 0.493 e. The summed E-state index contributed by atoms with van der Waals surface area (Å²) in [4.78, 5) is 22.8. The number of amides is 1. The van der Waals surface area contributed by atoms with Crippen LogP contribution >= 0.6 is 15.9 Å². The van der Waals surface area contributed by atoms with Crippen molar-refractivity contribution in [2.45, 2.75) is 6.61 Å². The first-order valence-corrected chi connectivity index (χ1v) is 10.4. The van der Waals surface area contributed by atoms with E-state index >= 15 is 0 Å². The SMILES string of the molecule is COc1cc(/C=C(/C#N)C(=O)Nc2ccc(Br)cc2)ccc1OCc1ccc([N+](=O)[O-])cc1. The second-order valence-electron chi connectivity index (χ2n) is 6.75. The number of anilines is 1. The van der Waals surface area contributed by atoms with E-state index in [1.54, 1.807) is 54.6 Å². The molecule has 0 aliphatic rings. The molecule has 0 saturated heterocycles. The summed E-state index contributed by atoms with van der Waals surface area (Å²) in [6.07, 6.45) is 1.46. The van der Waals surface area contributed by atoms with Crippen LogP contribution < -0.4 is 14.8 Å². The summed E-state index contributed by atoms with van der Waals surface area (Å²) in [5.41, 5.74) is 1.83. The third-order valence-electron chi connectivity index (χ3n) is 4.51. The molecule has 1 amide bonds. The highest BCUT2D eigenvalue weighted by atomic mass is 79.9. The van der Waals surface area contributed by atoms with Crippen LogP contribution in [0.1, 0.15) is 11.1 Å². The Morgan fingerprint density at radius 3 is 2.42 bits per heavy atom. The van der Waals surface area contributed by atoms with Gasteiger partial charge in [0.2, 0.25) is 0 Å². The van der Waals surface area contributed by atoms with Crippen LogP contribution in [0.5, 0.6) is 11.5 Å². The predicted octanol–water partition coefficient (Wildman–Crippen LogP) is 5.49. The number of nitrogens with zero attached hydrogens (tertiary/aromatic N) is 2. The zero-order valence-corrected chi connectivity index (χ0v) is 19.0. The molecule has 0 spiro atoms. The number of nitro benzene ring substituents is 1. The van der Waals surface area contributed by atoms with Gasteiger partial charge in [-0.1, -0.05) is 22.0 Å². The van der Waals surface area contributed by atoms with Gasteiger partial charge < -0.3 is 14.8 Å². The van der Waals surface area contributed by atoms with Gasteiger partial charge in [-0.3, -0.25) is 14.9 Å². The maximum atomic E-state index is 12.5. The number of benzene rings is 3. The minimum absolute atomic E-state index is 0.00457. The van der Waals surface area contributed by atoms with Crippen molar-refractivity contribution in [2.24, 2.45) is 0 Å². The van der Waals surface area contributed by atoms with Crippen LogP contribution in [-0.4, -0.2) is 17.9 Å². The molecule has 0 saturated carbocycles. The van der Waals surface area contributed by atoms with Gasteiger partial charge in [0.25, 0.3) is 11.6 Å². The number of nitrogens with one attached hydrogen (secondary N) is 1. The lowest BCUT2D eigenvalue weighted by molar-refractivity contribution is -0.384. The Kier molecular flexibility index (Phi) is 7.78. The van der Waals surface area contributed by atoms with Crippen molar-refractivity contribution in [2.75, 3.05) is 12.4 Å². The van der Waals surface area contributed by atoms with Crippen LogP contribution in [0, 0.1) is 21.4 Å². The lowest BCUT2D eigenvalue weighted by atomic mass is 10.1. The third-order valence-corrected chi connectivity index (χ3v) is 5.04. The Labute approximate surface area is 198 Å². The van der Waals surface area contributed by atoms with Crippen LogP contribution in [0.15, 0.2) is 76.8 Å². The van der Waals surface area contributed by atoms with Crippen molar-refractivity contribution >= 4 is 39.3 Å². The molecule has 33 heavy (non-hydrogen) atoms. The second-order valence-corrected chi connectivity index (χ2v) is 7.67. The first kappa shape index (κ1) is 23.5. The third kappa shape index (κ3) is 6.41. The van der Waals surface area contributed by atoms with Crippen LogP contribution in [0.2, 0.25) is 0 Å². The monoisotopic (exact) mass is 507 g/mol. The summed E-state index contributed by atoms with van der Waals surface area (Å²) in [6.45, 7) is 0.183. The smallest absolute Gasteiger partial charge is 0.269 e. The number of hydrogen-bond donors (Lipinski definition) is 1. The number of non-ortho nitro benzene ring substituents is 1. The molecular formula is C24H18BrN3O5. The summed E-state index contributed by atoms with van der Waals surface area (Å²) in [5.74, 6) is 0.333.